The van der Waals surface area contributed by atoms with Crippen LogP contribution in [-0.2, 0) is 19.9 Å². The Bertz CT molecular complexity index is 858. The van der Waals surface area contributed by atoms with Crippen LogP contribution in [0, 0.1) is 11.3 Å². The van der Waals surface area contributed by atoms with Crippen molar-refractivity contribution in [1.82, 2.24) is 9.55 Å². The van der Waals surface area contributed by atoms with Crippen molar-refractivity contribution >= 4 is 11.0 Å². The van der Waals surface area contributed by atoms with Gasteiger partial charge in [-0.3, -0.25) is 0 Å². The number of aromatic nitrogens is 2. The van der Waals surface area contributed by atoms with Crippen molar-refractivity contribution in [3.8, 4) is 6.07 Å². The van der Waals surface area contributed by atoms with Crippen molar-refractivity contribution in [2.45, 2.75) is 18.8 Å². The molecule has 102 valence electrons. The first kappa shape index (κ1) is 12.2. The molecule has 0 saturated carbocycles. The summed E-state index contributed by atoms with van der Waals surface area (Å²) in [6, 6.07) is 16.7. The molecule has 0 atom stereocenters. The van der Waals surface area contributed by atoms with Crippen LogP contribution in [0.3, 0.4) is 0 Å². The highest BCUT2D eigenvalue weighted by Gasteiger charge is 2.26. The van der Waals surface area contributed by atoms with Crippen LogP contribution in [0.15, 0.2) is 42.5 Å². The molecular formula is C18H15N3. The minimum absolute atomic E-state index is 0.409. The molecule has 1 aliphatic rings. The minimum atomic E-state index is 0.409. The summed E-state index contributed by atoms with van der Waals surface area (Å²) in [4.78, 5) is 4.79. The van der Waals surface area contributed by atoms with E-state index in [1.165, 1.54) is 11.1 Å². The Morgan fingerprint density at radius 3 is 2.48 bits per heavy atom. The predicted molar refractivity (Wildman–Crippen MR) is 82.0 cm³/mol. The van der Waals surface area contributed by atoms with Crippen molar-refractivity contribution in [2.24, 2.45) is 7.05 Å². The zero-order valence-corrected chi connectivity index (χ0v) is 11.9. The van der Waals surface area contributed by atoms with E-state index in [1.54, 1.807) is 0 Å². The second-order valence-electron chi connectivity index (χ2n) is 5.69. The topological polar surface area (TPSA) is 41.6 Å². The van der Waals surface area contributed by atoms with Crippen LogP contribution in [0.2, 0.25) is 0 Å². The molecule has 3 nitrogen and oxygen atoms in total. The molecule has 1 heterocycles. The molecular weight excluding hydrogens is 258 g/mol. The minimum Gasteiger partial charge on any atom is -0.331 e. The van der Waals surface area contributed by atoms with Crippen LogP contribution in [0.1, 0.15) is 28.4 Å². The zero-order chi connectivity index (χ0) is 14.4. The quantitative estimate of drug-likeness (QED) is 0.682. The van der Waals surface area contributed by atoms with Gasteiger partial charge in [0.05, 0.1) is 11.1 Å². The van der Waals surface area contributed by atoms with Gasteiger partial charge in [0, 0.05) is 13.0 Å². The van der Waals surface area contributed by atoms with E-state index in [0.717, 1.165) is 29.7 Å². The second kappa shape index (κ2) is 4.46. The van der Waals surface area contributed by atoms with Gasteiger partial charge in [-0.25, -0.2) is 4.98 Å². The maximum atomic E-state index is 9.24. The first-order chi connectivity index (χ1) is 10.3. The van der Waals surface area contributed by atoms with Crippen LogP contribution < -0.4 is 0 Å². The van der Waals surface area contributed by atoms with Crippen molar-refractivity contribution in [2.75, 3.05) is 0 Å². The summed E-state index contributed by atoms with van der Waals surface area (Å²) < 4.78 is 2.15. The highest BCUT2D eigenvalue weighted by molar-refractivity contribution is 5.82. The first-order valence-corrected chi connectivity index (χ1v) is 7.20. The summed E-state index contributed by atoms with van der Waals surface area (Å²) in [5, 5.41) is 9.24. The average Bonchev–Trinajstić information content (AvgIpc) is 3.08. The maximum absolute atomic E-state index is 9.24. The summed E-state index contributed by atoms with van der Waals surface area (Å²) in [7, 11) is 2.05. The summed E-state index contributed by atoms with van der Waals surface area (Å²) in [6.45, 7) is 0. The van der Waals surface area contributed by atoms with E-state index in [1.807, 2.05) is 18.2 Å². The fourth-order valence-corrected chi connectivity index (χ4v) is 3.43. The normalized spacial score (nSPS) is 14.3. The van der Waals surface area contributed by atoms with Gasteiger partial charge < -0.3 is 4.57 Å². The standard InChI is InChI=1S/C18H15N3/c1-21-16-8-4-7-14(11-19)17(16)20-18(21)15-9-12-5-2-3-6-13(12)10-15/h2-8,15H,9-10H2,1H3. The van der Waals surface area contributed by atoms with Gasteiger partial charge in [0.1, 0.15) is 17.4 Å². The van der Waals surface area contributed by atoms with E-state index < -0.39 is 0 Å². The van der Waals surface area contributed by atoms with E-state index in [2.05, 4.69) is 41.9 Å². The Labute approximate surface area is 123 Å². The van der Waals surface area contributed by atoms with Crippen molar-refractivity contribution in [3.63, 3.8) is 0 Å². The van der Waals surface area contributed by atoms with E-state index in [0.29, 0.717) is 11.5 Å². The van der Waals surface area contributed by atoms with Gasteiger partial charge in [-0.2, -0.15) is 5.26 Å². The lowest BCUT2D eigenvalue weighted by Gasteiger charge is -2.08. The van der Waals surface area contributed by atoms with Crippen LogP contribution in [-0.4, -0.2) is 9.55 Å². The lowest BCUT2D eigenvalue weighted by atomic mass is 10.1. The van der Waals surface area contributed by atoms with Gasteiger partial charge in [-0.15, -0.1) is 0 Å². The molecule has 0 unspecified atom stereocenters. The molecule has 21 heavy (non-hydrogen) atoms. The number of rotatable bonds is 1. The Balaban J connectivity index is 1.83. The van der Waals surface area contributed by atoms with Crippen LogP contribution >= 0.6 is 0 Å². The van der Waals surface area contributed by atoms with Crippen molar-refractivity contribution in [1.29, 1.82) is 5.26 Å². The lowest BCUT2D eigenvalue weighted by Crippen LogP contribution is -2.06. The smallest absolute Gasteiger partial charge is 0.113 e. The molecule has 0 radical (unpaired) electrons. The monoisotopic (exact) mass is 273 g/mol. The molecule has 0 aliphatic heterocycles. The summed E-state index contributed by atoms with van der Waals surface area (Å²) in [6.07, 6.45) is 2.07. The largest absolute Gasteiger partial charge is 0.331 e. The number of nitriles is 1. The highest BCUT2D eigenvalue weighted by Crippen LogP contribution is 2.34. The van der Waals surface area contributed by atoms with Gasteiger partial charge in [-0.1, -0.05) is 30.3 Å². The lowest BCUT2D eigenvalue weighted by molar-refractivity contribution is 0.651. The van der Waals surface area contributed by atoms with E-state index in [9.17, 15) is 5.26 Å². The van der Waals surface area contributed by atoms with Crippen LogP contribution in [0.25, 0.3) is 11.0 Å². The highest BCUT2D eigenvalue weighted by atomic mass is 15.1. The number of fused-ring (bicyclic) bond motifs is 2. The SMILES string of the molecule is Cn1c(C2Cc3ccccc3C2)nc2c(C#N)cccc21. The number of aryl methyl sites for hydroxylation is 1. The maximum Gasteiger partial charge on any atom is 0.113 e. The third-order valence-corrected chi connectivity index (χ3v) is 4.48. The molecule has 0 amide bonds. The molecule has 1 aliphatic carbocycles. The zero-order valence-electron chi connectivity index (χ0n) is 11.9. The Morgan fingerprint density at radius 1 is 1.10 bits per heavy atom. The third kappa shape index (κ3) is 1.76. The van der Waals surface area contributed by atoms with Gasteiger partial charge >= 0.3 is 0 Å². The van der Waals surface area contributed by atoms with Gasteiger partial charge in [0.25, 0.3) is 0 Å². The fraction of sp³-hybridized carbons (Fsp3) is 0.222. The van der Waals surface area contributed by atoms with Crippen LogP contribution in [0.5, 0.6) is 0 Å². The summed E-state index contributed by atoms with van der Waals surface area (Å²) in [5.41, 5.74) is 5.38. The van der Waals surface area contributed by atoms with Gasteiger partial charge in [0.2, 0.25) is 0 Å². The Hall–Kier alpha value is -2.60. The average molecular weight is 273 g/mol. The Morgan fingerprint density at radius 2 is 1.81 bits per heavy atom. The number of para-hydroxylation sites is 1. The molecule has 3 aromatic rings. The number of imidazole rings is 1. The second-order valence-corrected chi connectivity index (χ2v) is 5.69. The summed E-state index contributed by atoms with van der Waals surface area (Å²) >= 11 is 0. The first-order valence-electron chi connectivity index (χ1n) is 7.20. The van der Waals surface area contributed by atoms with Gasteiger partial charge in [-0.05, 0) is 36.1 Å². The number of hydrogen-bond acceptors (Lipinski definition) is 2. The van der Waals surface area contributed by atoms with E-state index in [4.69, 9.17) is 4.98 Å². The number of nitrogens with zero attached hydrogens (tertiary/aromatic N) is 3. The van der Waals surface area contributed by atoms with Gasteiger partial charge in [0.15, 0.2) is 0 Å². The number of hydrogen-bond donors (Lipinski definition) is 0. The molecule has 0 saturated heterocycles. The van der Waals surface area contributed by atoms with E-state index >= 15 is 0 Å². The van der Waals surface area contributed by atoms with Crippen LogP contribution in [0.4, 0.5) is 0 Å². The van der Waals surface area contributed by atoms with E-state index in [-0.39, 0.29) is 0 Å². The molecule has 3 heteroatoms. The summed E-state index contributed by atoms with van der Waals surface area (Å²) in [5.74, 6) is 1.50. The Kier molecular flexibility index (Phi) is 2.58. The van der Waals surface area contributed by atoms with Crippen molar-refractivity contribution in [3.05, 3.63) is 65.0 Å². The number of benzene rings is 2. The molecule has 2 aromatic carbocycles. The third-order valence-electron chi connectivity index (χ3n) is 4.48. The molecule has 1 aromatic heterocycles. The molecule has 0 bridgehead atoms. The molecule has 0 fully saturated rings. The van der Waals surface area contributed by atoms with Crippen molar-refractivity contribution < 1.29 is 0 Å². The molecule has 0 N–H and O–H groups in total. The molecule has 0 spiro atoms. The molecule has 4 rings (SSSR count). The fourth-order valence-electron chi connectivity index (χ4n) is 3.43. The predicted octanol–water partition coefficient (Wildman–Crippen LogP) is 3.33.